The Balaban J connectivity index is 4.40. The second-order valence-electron chi connectivity index (χ2n) is 4.11. The molecule has 0 aromatic heterocycles. The van der Waals surface area contributed by atoms with Gasteiger partial charge < -0.3 is 15.8 Å². The first-order valence-corrected chi connectivity index (χ1v) is 4.01. The molecule has 0 fully saturated rings. The molecule has 0 spiro atoms. The van der Waals surface area contributed by atoms with Crippen molar-refractivity contribution in [3.05, 3.63) is 0 Å². The van der Waals surface area contributed by atoms with Crippen molar-refractivity contribution in [2.24, 2.45) is 16.3 Å². The molecular weight excluding hydrogens is 154 g/mol. The first kappa shape index (κ1) is 11.1. The average Bonchev–Trinajstić information content (AvgIpc) is 1.98. The zero-order valence-corrected chi connectivity index (χ0v) is 8.50. The summed E-state index contributed by atoms with van der Waals surface area (Å²) in [5.41, 5.74) is 5.56. The third kappa shape index (κ3) is 2.60. The largest absolute Gasteiger partial charge is 0.408 e. The van der Waals surface area contributed by atoms with Gasteiger partial charge in [0.05, 0.1) is 0 Å². The van der Waals surface area contributed by atoms with E-state index in [1.54, 1.807) is 4.90 Å². The topological polar surface area (TPSA) is 61.8 Å². The molecule has 0 bridgehead atoms. The van der Waals surface area contributed by atoms with E-state index >= 15 is 0 Å². The van der Waals surface area contributed by atoms with Crippen molar-refractivity contribution < 1.29 is 5.21 Å². The number of hydrogen-bond acceptors (Lipinski definition) is 2. The van der Waals surface area contributed by atoms with E-state index in [2.05, 4.69) is 25.9 Å². The molecule has 1 unspecified atom stereocenters. The Labute approximate surface area is 74.0 Å². The van der Waals surface area contributed by atoms with Crippen LogP contribution in [-0.4, -0.2) is 29.2 Å². The maximum Gasteiger partial charge on any atom is 0.233 e. The average molecular weight is 173 g/mol. The molecular formula is C8H19N3O. The Hall–Kier alpha value is -0.930. The molecule has 0 radical (unpaired) electrons. The minimum absolute atomic E-state index is 0.115. The minimum atomic E-state index is 0.115. The molecule has 1 atom stereocenters. The quantitative estimate of drug-likeness (QED) is 0.270. The van der Waals surface area contributed by atoms with Crippen molar-refractivity contribution in [1.29, 1.82) is 0 Å². The Bertz CT molecular complexity index is 172. The number of hydrogen-bond donors (Lipinski definition) is 2. The van der Waals surface area contributed by atoms with Crippen LogP contribution in [0, 0.1) is 5.41 Å². The van der Waals surface area contributed by atoms with Crippen LogP contribution in [0.5, 0.6) is 0 Å². The van der Waals surface area contributed by atoms with E-state index in [1.807, 2.05) is 14.0 Å². The predicted molar refractivity (Wildman–Crippen MR) is 50.1 cm³/mol. The molecule has 4 heteroatoms. The number of nitrogens with two attached hydrogens (primary N) is 1. The van der Waals surface area contributed by atoms with E-state index in [4.69, 9.17) is 10.9 Å². The van der Waals surface area contributed by atoms with Crippen LogP contribution >= 0.6 is 0 Å². The van der Waals surface area contributed by atoms with Crippen molar-refractivity contribution in [3.8, 4) is 0 Å². The molecule has 12 heavy (non-hydrogen) atoms. The van der Waals surface area contributed by atoms with Crippen molar-refractivity contribution >= 4 is 5.96 Å². The Kier molecular flexibility index (Phi) is 3.36. The van der Waals surface area contributed by atoms with Crippen molar-refractivity contribution in [1.82, 2.24) is 4.90 Å². The molecule has 0 aliphatic carbocycles. The Morgan fingerprint density at radius 2 is 1.92 bits per heavy atom. The fraction of sp³-hybridized carbons (Fsp3) is 0.875. The smallest absolute Gasteiger partial charge is 0.233 e. The third-order valence-electron chi connectivity index (χ3n) is 2.30. The van der Waals surface area contributed by atoms with Gasteiger partial charge in [0.2, 0.25) is 5.96 Å². The summed E-state index contributed by atoms with van der Waals surface area (Å²) in [7, 11) is 1.81. The van der Waals surface area contributed by atoms with E-state index in [0.717, 1.165) is 0 Å². The molecule has 0 aliphatic heterocycles. The number of oxime groups is 1. The molecule has 0 aliphatic rings. The van der Waals surface area contributed by atoms with E-state index in [-0.39, 0.29) is 17.4 Å². The van der Waals surface area contributed by atoms with Crippen LogP contribution in [-0.2, 0) is 0 Å². The summed E-state index contributed by atoms with van der Waals surface area (Å²) in [6.07, 6.45) is 0. The van der Waals surface area contributed by atoms with Gasteiger partial charge in [-0.05, 0) is 12.3 Å². The molecule has 3 N–H and O–H groups in total. The summed E-state index contributed by atoms with van der Waals surface area (Å²) < 4.78 is 0. The standard InChI is InChI=1S/C8H19N3O/c1-6(8(2,3)4)11(5)7(9)10-12/h6,12H,1-5H3,(H2,9,10). The molecule has 0 saturated carbocycles. The van der Waals surface area contributed by atoms with Crippen LogP contribution < -0.4 is 5.73 Å². The summed E-state index contributed by atoms with van der Waals surface area (Å²) in [5, 5.41) is 11.4. The molecule has 0 aromatic carbocycles. The fourth-order valence-electron chi connectivity index (χ4n) is 0.850. The van der Waals surface area contributed by atoms with Gasteiger partial charge in [-0.25, -0.2) is 0 Å². The maximum absolute atomic E-state index is 8.44. The van der Waals surface area contributed by atoms with Crippen LogP contribution in [0.4, 0.5) is 0 Å². The zero-order chi connectivity index (χ0) is 9.94. The van der Waals surface area contributed by atoms with Gasteiger partial charge in [0.1, 0.15) is 0 Å². The third-order valence-corrected chi connectivity index (χ3v) is 2.30. The molecule has 0 heterocycles. The highest BCUT2D eigenvalue weighted by atomic mass is 16.4. The van der Waals surface area contributed by atoms with Gasteiger partial charge in [-0.3, -0.25) is 0 Å². The highest BCUT2D eigenvalue weighted by molar-refractivity contribution is 5.77. The molecule has 4 nitrogen and oxygen atoms in total. The van der Waals surface area contributed by atoms with Gasteiger partial charge in [-0.1, -0.05) is 25.9 Å². The highest BCUT2D eigenvalue weighted by Gasteiger charge is 2.24. The number of guanidine groups is 1. The maximum atomic E-state index is 8.44. The van der Waals surface area contributed by atoms with E-state index in [0.29, 0.717) is 0 Å². The molecule has 0 aromatic rings. The first-order chi connectivity index (χ1) is 5.30. The van der Waals surface area contributed by atoms with Crippen LogP contribution in [0.2, 0.25) is 0 Å². The fourth-order valence-corrected chi connectivity index (χ4v) is 0.850. The summed E-state index contributed by atoms with van der Waals surface area (Å²) in [4.78, 5) is 1.75. The van der Waals surface area contributed by atoms with Crippen LogP contribution in [0.25, 0.3) is 0 Å². The van der Waals surface area contributed by atoms with E-state index < -0.39 is 0 Å². The van der Waals surface area contributed by atoms with E-state index in [9.17, 15) is 0 Å². The normalized spacial score (nSPS) is 15.9. The van der Waals surface area contributed by atoms with Gasteiger partial charge >= 0.3 is 0 Å². The summed E-state index contributed by atoms with van der Waals surface area (Å²) in [6, 6.07) is 0.230. The zero-order valence-electron chi connectivity index (χ0n) is 8.50. The first-order valence-electron chi connectivity index (χ1n) is 4.01. The van der Waals surface area contributed by atoms with Crippen molar-refractivity contribution in [2.45, 2.75) is 33.7 Å². The lowest BCUT2D eigenvalue weighted by molar-refractivity contribution is 0.198. The molecule has 72 valence electrons. The van der Waals surface area contributed by atoms with Crippen LogP contribution in [0.3, 0.4) is 0 Å². The monoisotopic (exact) mass is 173 g/mol. The number of rotatable bonds is 1. The molecule has 0 amide bonds. The Morgan fingerprint density at radius 3 is 2.17 bits per heavy atom. The summed E-state index contributed by atoms with van der Waals surface area (Å²) >= 11 is 0. The highest BCUT2D eigenvalue weighted by Crippen LogP contribution is 2.22. The molecule has 0 rings (SSSR count). The Morgan fingerprint density at radius 1 is 1.50 bits per heavy atom. The van der Waals surface area contributed by atoms with Gasteiger partial charge in [0, 0.05) is 13.1 Å². The second kappa shape index (κ2) is 3.65. The minimum Gasteiger partial charge on any atom is -0.408 e. The van der Waals surface area contributed by atoms with Crippen molar-refractivity contribution in [2.75, 3.05) is 7.05 Å². The van der Waals surface area contributed by atoms with Gasteiger partial charge in [0.25, 0.3) is 0 Å². The van der Waals surface area contributed by atoms with Crippen LogP contribution in [0.15, 0.2) is 5.16 Å². The second-order valence-corrected chi connectivity index (χ2v) is 4.11. The SMILES string of the molecule is CC(N(C)/C(N)=N/O)C(C)(C)C. The predicted octanol–water partition coefficient (Wildman–Crippen LogP) is 1.06. The van der Waals surface area contributed by atoms with Gasteiger partial charge in [-0.15, -0.1) is 0 Å². The van der Waals surface area contributed by atoms with Crippen LogP contribution in [0.1, 0.15) is 27.7 Å². The lowest BCUT2D eigenvalue weighted by atomic mass is 9.87. The summed E-state index contributed by atoms with van der Waals surface area (Å²) in [6.45, 7) is 8.37. The van der Waals surface area contributed by atoms with Gasteiger partial charge in [0.15, 0.2) is 0 Å². The lowest BCUT2D eigenvalue weighted by Crippen LogP contribution is -2.46. The van der Waals surface area contributed by atoms with Gasteiger partial charge in [-0.2, -0.15) is 0 Å². The number of nitrogens with zero attached hydrogens (tertiary/aromatic N) is 2. The van der Waals surface area contributed by atoms with E-state index in [1.165, 1.54) is 0 Å². The molecule has 0 saturated heterocycles. The van der Waals surface area contributed by atoms with Crippen molar-refractivity contribution in [3.63, 3.8) is 0 Å². The lowest BCUT2D eigenvalue weighted by Gasteiger charge is -2.35. The summed E-state index contributed by atoms with van der Waals surface area (Å²) in [5.74, 6) is 0.150.